The fraction of sp³-hybridized carbons (Fsp3) is 0.167. The van der Waals surface area contributed by atoms with Crippen LogP contribution < -0.4 is 4.90 Å². The molecule has 0 atom stereocenters. The zero-order valence-corrected chi connectivity index (χ0v) is 14.3. The van der Waals surface area contributed by atoms with E-state index in [4.69, 9.17) is 0 Å². The van der Waals surface area contributed by atoms with Crippen LogP contribution in [0.1, 0.15) is 15.9 Å². The molecule has 128 valence electrons. The Morgan fingerprint density at radius 1 is 1.20 bits per heavy atom. The van der Waals surface area contributed by atoms with Crippen molar-refractivity contribution in [1.29, 1.82) is 0 Å². The monoisotopic (exact) mass is 358 g/mol. The molecule has 0 aliphatic carbocycles. The van der Waals surface area contributed by atoms with Gasteiger partial charge in [0, 0.05) is 12.6 Å². The molecule has 0 aromatic heterocycles. The number of amides is 3. The van der Waals surface area contributed by atoms with Crippen LogP contribution in [0.3, 0.4) is 0 Å². The molecule has 3 amide bonds. The highest BCUT2D eigenvalue weighted by Gasteiger charge is 2.29. The lowest BCUT2D eigenvalue weighted by atomic mass is 10.1. The van der Waals surface area contributed by atoms with Gasteiger partial charge < -0.3 is 4.90 Å². The Labute approximate surface area is 148 Å². The van der Waals surface area contributed by atoms with Crippen molar-refractivity contribution in [3.8, 4) is 0 Å². The van der Waals surface area contributed by atoms with Crippen LogP contribution >= 0.6 is 11.8 Å². The number of carbonyl (C=O) groups excluding carboxylic acids is 3. The van der Waals surface area contributed by atoms with E-state index in [1.807, 2.05) is 0 Å². The molecule has 3 rings (SSSR count). The van der Waals surface area contributed by atoms with Crippen LogP contribution in [0.25, 0.3) is 0 Å². The maximum absolute atomic E-state index is 13.9. The summed E-state index contributed by atoms with van der Waals surface area (Å²) >= 11 is 0.968. The van der Waals surface area contributed by atoms with E-state index in [-0.39, 0.29) is 35.0 Å². The Morgan fingerprint density at radius 3 is 2.64 bits per heavy atom. The number of thioether (sulfide) groups is 1. The van der Waals surface area contributed by atoms with Gasteiger partial charge in [-0.2, -0.15) is 0 Å². The van der Waals surface area contributed by atoms with E-state index in [0.29, 0.717) is 11.1 Å². The number of nitrogens with zero attached hydrogens (tertiary/aromatic N) is 2. The molecule has 1 aliphatic heterocycles. The van der Waals surface area contributed by atoms with E-state index in [9.17, 15) is 18.8 Å². The molecule has 0 N–H and O–H groups in total. The largest absolute Gasteiger partial charge is 0.309 e. The second kappa shape index (κ2) is 7.06. The smallest absolute Gasteiger partial charge is 0.289 e. The highest BCUT2D eigenvalue weighted by molar-refractivity contribution is 8.14. The molecule has 2 aromatic rings. The maximum atomic E-state index is 13.9. The topological polar surface area (TPSA) is 57.7 Å². The van der Waals surface area contributed by atoms with Crippen molar-refractivity contribution < 1.29 is 18.8 Å². The number of anilines is 1. The molecule has 5 nitrogen and oxygen atoms in total. The van der Waals surface area contributed by atoms with Gasteiger partial charge in [-0.1, -0.05) is 36.0 Å². The molecule has 7 heteroatoms. The van der Waals surface area contributed by atoms with Crippen molar-refractivity contribution in [2.45, 2.75) is 6.54 Å². The number of hydrogen-bond acceptors (Lipinski definition) is 4. The first-order valence-corrected chi connectivity index (χ1v) is 8.54. The summed E-state index contributed by atoms with van der Waals surface area (Å²) in [4.78, 5) is 38.4. The van der Waals surface area contributed by atoms with Gasteiger partial charge in [-0.3, -0.25) is 19.3 Å². The summed E-state index contributed by atoms with van der Waals surface area (Å²) in [6, 6.07) is 12.7. The Kier molecular flexibility index (Phi) is 4.85. The SMILES string of the molecule is CN(C(=O)c1cccc(CN2C(=O)CSC2=O)c1)c1ccccc1F. The number of benzene rings is 2. The Morgan fingerprint density at radius 2 is 1.96 bits per heavy atom. The first kappa shape index (κ1) is 17.2. The van der Waals surface area contributed by atoms with Crippen molar-refractivity contribution in [3.05, 3.63) is 65.5 Å². The van der Waals surface area contributed by atoms with Crippen molar-refractivity contribution in [3.63, 3.8) is 0 Å². The molecule has 1 fully saturated rings. The summed E-state index contributed by atoms with van der Waals surface area (Å²) in [5, 5.41) is -0.287. The minimum atomic E-state index is -0.486. The van der Waals surface area contributed by atoms with Crippen LogP contribution in [0.2, 0.25) is 0 Å². The number of rotatable bonds is 4. The van der Waals surface area contributed by atoms with E-state index in [1.165, 1.54) is 24.1 Å². The number of carbonyl (C=O) groups is 3. The Hall–Kier alpha value is -2.67. The highest BCUT2D eigenvalue weighted by Crippen LogP contribution is 2.23. The number of imide groups is 1. The third kappa shape index (κ3) is 3.56. The lowest BCUT2D eigenvalue weighted by Gasteiger charge is -2.19. The van der Waals surface area contributed by atoms with Gasteiger partial charge in [0.05, 0.1) is 18.0 Å². The fourth-order valence-electron chi connectivity index (χ4n) is 2.55. The van der Waals surface area contributed by atoms with Crippen molar-refractivity contribution in [2.24, 2.45) is 0 Å². The third-order valence-corrected chi connectivity index (χ3v) is 4.73. The Bertz CT molecular complexity index is 840. The van der Waals surface area contributed by atoms with E-state index >= 15 is 0 Å². The number of halogens is 1. The van der Waals surface area contributed by atoms with E-state index in [2.05, 4.69) is 0 Å². The average molecular weight is 358 g/mol. The molecule has 0 saturated carbocycles. The van der Waals surface area contributed by atoms with Crippen LogP contribution in [-0.4, -0.2) is 34.8 Å². The quantitative estimate of drug-likeness (QED) is 0.841. The number of hydrogen-bond donors (Lipinski definition) is 0. The highest BCUT2D eigenvalue weighted by atomic mass is 32.2. The first-order valence-electron chi connectivity index (χ1n) is 7.56. The summed E-state index contributed by atoms with van der Waals surface area (Å²) in [5.41, 5.74) is 1.20. The summed E-state index contributed by atoms with van der Waals surface area (Å²) in [6.45, 7) is 0.120. The van der Waals surface area contributed by atoms with Gasteiger partial charge in [-0.15, -0.1) is 0 Å². The zero-order chi connectivity index (χ0) is 18.0. The van der Waals surface area contributed by atoms with Crippen molar-refractivity contribution >= 4 is 34.5 Å². The lowest BCUT2D eigenvalue weighted by Crippen LogP contribution is -2.29. The summed E-state index contributed by atoms with van der Waals surface area (Å²) in [6.07, 6.45) is 0. The van der Waals surface area contributed by atoms with Crippen LogP contribution in [0, 0.1) is 5.82 Å². The molecule has 1 aliphatic rings. The van der Waals surface area contributed by atoms with Crippen LogP contribution in [0.5, 0.6) is 0 Å². The molecule has 0 unspecified atom stereocenters. The van der Waals surface area contributed by atoms with Crippen LogP contribution in [0.4, 0.5) is 14.9 Å². The second-order valence-electron chi connectivity index (χ2n) is 5.55. The van der Waals surface area contributed by atoms with E-state index < -0.39 is 5.82 Å². The van der Waals surface area contributed by atoms with Crippen molar-refractivity contribution in [2.75, 3.05) is 17.7 Å². The summed E-state index contributed by atoms with van der Waals surface area (Å²) in [7, 11) is 1.50. The molecule has 2 aromatic carbocycles. The molecule has 1 saturated heterocycles. The molecular weight excluding hydrogens is 343 g/mol. The van der Waals surface area contributed by atoms with Gasteiger partial charge in [0.15, 0.2) is 0 Å². The molecule has 0 bridgehead atoms. The van der Waals surface area contributed by atoms with Crippen LogP contribution in [-0.2, 0) is 11.3 Å². The maximum Gasteiger partial charge on any atom is 0.289 e. The zero-order valence-electron chi connectivity index (χ0n) is 13.4. The molecule has 1 heterocycles. The van der Waals surface area contributed by atoms with Crippen molar-refractivity contribution in [1.82, 2.24) is 4.90 Å². The van der Waals surface area contributed by atoms with Crippen LogP contribution in [0.15, 0.2) is 48.5 Å². The van der Waals surface area contributed by atoms with Gasteiger partial charge in [0.25, 0.3) is 11.1 Å². The predicted molar refractivity (Wildman–Crippen MR) is 94.0 cm³/mol. The van der Waals surface area contributed by atoms with Gasteiger partial charge in [-0.05, 0) is 29.8 Å². The average Bonchev–Trinajstić information content (AvgIpc) is 2.93. The second-order valence-corrected chi connectivity index (χ2v) is 6.48. The predicted octanol–water partition coefficient (Wildman–Crippen LogP) is 3.30. The molecule has 0 radical (unpaired) electrons. The normalized spacial score (nSPS) is 14.1. The minimum absolute atomic E-state index is 0.120. The Balaban J connectivity index is 1.81. The van der Waals surface area contributed by atoms with E-state index in [0.717, 1.165) is 16.7 Å². The number of para-hydroxylation sites is 1. The van der Waals surface area contributed by atoms with E-state index in [1.54, 1.807) is 36.4 Å². The van der Waals surface area contributed by atoms with Gasteiger partial charge in [-0.25, -0.2) is 4.39 Å². The standard InChI is InChI=1S/C18H15FN2O3S/c1-20(15-8-3-2-7-14(15)19)17(23)13-6-4-5-12(9-13)10-21-16(22)11-25-18(21)24/h2-9H,10-11H2,1H3. The summed E-state index contributed by atoms with van der Waals surface area (Å²) < 4.78 is 13.9. The van der Waals surface area contributed by atoms with Gasteiger partial charge in [0.2, 0.25) is 5.91 Å². The fourth-order valence-corrected chi connectivity index (χ4v) is 3.27. The molecule has 25 heavy (non-hydrogen) atoms. The molecular formula is C18H15FN2O3S. The van der Waals surface area contributed by atoms with Gasteiger partial charge >= 0.3 is 0 Å². The summed E-state index contributed by atoms with van der Waals surface area (Å²) in [5.74, 6) is -0.955. The third-order valence-electron chi connectivity index (χ3n) is 3.87. The van der Waals surface area contributed by atoms with Gasteiger partial charge in [0.1, 0.15) is 5.82 Å². The minimum Gasteiger partial charge on any atom is -0.309 e. The lowest BCUT2D eigenvalue weighted by molar-refractivity contribution is -0.125. The molecule has 0 spiro atoms. The first-order chi connectivity index (χ1) is 12.0.